The maximum atomic E-state index is 11.0. The molecule has 0 radical (unpaired) electrons. The van der Waals surface area contributed by atoms with E-state index in [0.29, 0.717) is 5.56 Å². The molecule has 8 aromatic rings. The second-order valence-corrected chi connectivity index (χ2v) is 16.1. The topological polar surface area (TPSA) is 85.7 Å². The van der Waals surface area contributed by atoms with E-state index in [4.69, 9.17) is 0 Å². The second-order valence-electron chi connectivity index (χ2n) is 16.1. The summed E-state index contributed by atoms with van der Waals surface area (Å²) in [4.78, 5) is 39.5. The van der Waals surface area contributed by atoms with Crippen molar-refractivity contribution in [2.45, 2.75) is 96.9 Å². The van der Waals surface area contributed by atoms with Gasteiger partial charge in [0.15, 0.2) is 12.6 Å². The highest BCUT2D eigenvalue weighted by molar-refractivity contribution is 5.95. The van der Waals surface area contributed by atoms with Crippen LogP contribution in [-0.2, 0) is 0 Å². The first-order valence-electron chi connectivity index (χ1n) is 21.2. The lowest BCUT2D eigenvalue weighted by molar-refractivity contribution is 0.111. The standard InChI is InChI=1S/C16H17NO.C15H17N.C13H13NO.C12H13N/c1-5-6-14-10(2)11(3)15-7-13(9-18)8-17-16(15)12(14)4;1-5-7-13-10(2)11(3)14-8-6-9-16-15(14)12(13)4;1-8-9(2)12(7-15)10(3)13-11(8)5-4-6-14-13;1-8-7-9(2)12-11(10(8)3)5-4-6-13-12/h5-9H,1-4H3;5-9H,1-4H3;4-7H,1-3H3;4-7H,1-3H3/b6-5+;7-5+;;. The van der Waals surface area contributed by atoms with Crippen molar-refractivity contribution in [3.8, 4) is 0 Å². The van der Waals surface area contributed by atoms with Crippen LogP contribution in [0.15, 0.2) is 85.5 Å². The van der Waals surface area contributed by atoms with Crippen LogP contribution in [-0.4, -0.2) is 32.5 Å². The number of benzene rings is 4. The van der Waals surface area contributed by atoms with Crippen LogP contribution < -0.4 is 0 Å². The molecular weight excluding hydrogens is 761 g/mol. The average molecular weight is 821 g/mol. The molecule has 316 valence electrons. The molecule has 0 unspecified atom stereocenters. The summed E-state index contributed by atoms with van der Waals surface area (Å²) in [6.07, 6.45) is 17.3. The summed E-state index contributed by atoms with van der Waals surface area (Å²) in [5, 5.41) is 4.76. The van der Waals surface area contributed by atoms with E-state index in [1.807, 2.05) is 76.5 Å². The van der Waals surface area contributed by atoms with Gasteiger partial charge in [0, 0.05) is 57.5 Å². The lowest BCUT2D eigenvalue weighted by atomic mass is 9.93. The van der Waals surface area contributed by atoms with Gasteiger partial charge in [-0.15, -0.1) is 0 Å². The van der Waals surface area contributed by atoms with Crippen LogP contribution in [0.5, 0.6) is 0 Å². The molecule has 62 heavy (non-hydrogen) atoms. The minimum atomic E-state index is 0.628. The van der Waals surface area contributed by atoms with Crippen molar-refractivity contribution in [3.63, 3.8) is 0 Å². The number of aromatic nitrogens is 4. The smallest absolute Gasteiger partial charge is 0.151 e. The molecule has 0 atom stereocenters. The van der Waals surface area contributed by atoms with E-state index >= 15 is 0 Å². The molecule has 0 aliphatic rings. The molecule has 0 spiro atoms. The van der Waals surface area contributed by atoms with Crippen LogP contribution in [0.25, 0.3) is 55.8 Å². The number of pyridine rings is 4. The van der Waals surface area contributed by atoms with Crippen LogP contribution in [0.1, 0.15) is 112 Å². The van der Waals surface area contributed by atoms with E-state index < -0.39 is 0 Å². The molecule has 6 nitrogen and oxygen atoms in total. The Kier molecular flexibility index (Phi) is 15.2. The summed E-state index contributed by atoms with van der Waals surface area (Å²) in [7, 11) is 0. The van der Waals surface area contributed by atoms with Crippen molar-refractivity contribution >= 4 is 68.3 Å². The minimum absolute atomic E-state index is 0.628. The highest BCUT2D eigenvalue weighted by Gasteiger charge is 2.13. The third-order valence-corrected chi connectivity index (χ3v) is 12.4. The summed E-state index contributed by atoms with van der Waals surface area (Å²) >= 11 is 0. The van der Waals surface area contributed by atoms with Gasteiger partial charge in [-0.3, -0.25) is 29.5 Å². The maximum absolute atomic E-state index is 11.0. The Bertz CT molecular complexity index is 3050. The van der Waals surface area contributed by atoms with Crippen molar-refractivity contribution in [2.24, 2.45) is 0 Å². The van der Waals surface area contributed by atoms with Crippen molar-refractivity contribution in [1.29, 1.82) is 0 Å². The fraction of sp³-hybridized carbons (Fsp3) is 0.250. The Labute approximate surface area is 367 Å². The number of carbonyl (C=O) groups is 2. The average Bonchev–Trinajstić information content (AvgIpc) is 3.29. The number of hydrogen-bond donors (Lipinski definition) is 0. The molecule has 0 aliphatic carbocycles. The summed E-state index contributed by atoms with van der Waals surface area (Å²) in [6.45, 7) is 29.2. The third-order valence-electron chi connectivity index (χ3n) is 12.4. The molecule has 0 saturated heterocycles. The van der Waals surface area contributed by atoms with Crippen LogP contribution in [0.2, 0.25) is 0 Å². The highest BCUT2D eigenvalue weighted by atomic mass is 16.1. The lowest BCUT2D eigenvalue weighted by Crippen LogP contribution is -1.98. The molecule has 0 N–H and O–H groups in total. The first kappa shape index (κ1) is 46.4. The van der Waals surface area contributed by atoms with Gasteiger partial charge < -0.3 is 0 Å². The fourth-order valence-electron chi connectivity index (χ4n) is 8.33. The molecular formula is C56H60N4O2. The molecule has 0 saturated carbocycles. The van der Waals surface area contributed by atoms with Crippen molar-refractivity contribution < 1.29 is 9.59 Å². The summed E-state index contributed by atoms with van der Waals surface area (Å²) in [5.74, 6) is 0. The second kappa shape index (κ2) is 20.3. The van der Waals surface area contributed by atoms with E-state index in [9.17, 15) is 9.59 Å². The Morgan fingerprint density at radius 3 is 1.24 bits per heavy atom. The van der Waals surface area contributed by atoms with Gasteiger partial charge in [-0.1, -0.05) is 48.6 Å². The first-order chi connectivity index (χ1) is 29.6. The number of nitrogens with zero attached hydrogens (tertiary/aromatic N) is 4. The SMILES string of the molecule is C/C=C/c1c(C)c(C)c2cc(C=O)cnc2c1C.C/C=C/c1c(C)c(C)c2cccnc2c1C.Cc1c(C=O)c(C)c2ncccc2c1C.Cc1cc(C)c2ncccc2c1C. The monoisotopic (exact) mass is 820 g/mol. The summed E-state index contributed by atoms with van der Waals surface area (Å²) in [6, 6.07) is 16.4. The van der Waals surface area contributed by atoms with Crippen molar-refractivity contribution in [1.82, 2.24) is 19.9 Å². The normalized spacial score (nSPS) is 11.1. The number of hydrogen-bond acceptors (Lipinski definition) is 6. The van der Waals surface area contributed by atoms with Gasteiger partial charge in [0.25, 0.3) is 0 Å². The van der Waals surface area contributed by atoms with E-state index in [2.05, 4.69) is 126 Å². The van der Waals surface area contributed by atoms with Crippen molar-refractivity contribution in [2.75, 3.05) is 0 Å². The molecule has 0 fully saturated rings. The van der Waals surface area contributed by atoms with Gasteiger partial charge in [-0.05, 0) is 199 Å². The molecule has 4 aromatic carbocycles. The third kappa shape index (κ3) is 9.30. The van der Waals surface area contributed by atoms with Gasteiger partial charge >= 0.3 is 0 Å². The van der Waals surface area contributed by atoms with Gasteiger partial charge in [0.2, 0.25) is 0 Å². The van der Waals surface area contributed by atoms with E-state index in [0.717, 1.165) is 67.7 Å². The fourth-order valence-corrected chi connectivity index (χ4v) is 8.33. The molecule has 0 bridgehead atoms. The van der Waals surface area contributed by atoms with E-state index in [-0.39, 0.29) is 0 Å². The maximum Gasteiger partial charge on any atom is 0.151 e. The van der Waals surface area contributed by atoms with Gasteiger partial charge in [-0.2, -0.15) is 0 Å². The van der Waals surface area contributed by atoms with E-state index in [1.54, 1.807) is 12.4 Å². The van der Waals surface area contributed by atoms with Crippen molar-refractivity contribution in [3.05, 3.63) is 174 Å². The lowest BCUT2D eigenvalue weighted by Gasteiger charge is -2.13. The Morgan fingerprint density at radius 1 is 0.387 bits per heavy atom. The summed E-state index contributed by atoms with van der Waals surface area (Å²) in [5.41, 5.74) is 22.8. The molecule has 0 amide bonds. The largest absolute Gasteiger partial charge is 0.298 e. The number of allylic oxidation sites excluding steroid dienone is 2. The molecule has 4 heterocycles. The van der Waals surface area contributed by atoms with E-state index in [1.165, 1.54) is 72.0 Å². The zero-order valence-corrected chi connectivity index (χ0v) is 39.0. The molecule has 0 aliphatic heterocycles. The number of rotatable bonds is 4. The molecule has 4 aromatic heterocycles. The van der Waals surface area contributed by atoms with Crippen LogP contribution in [0.3, 0.4) is 0 Å². The zero-order valence-electron chi connectivity index (χ0n) is 39.0. The Balaban J connectivity index is 0.000000157. The Morgan fingerprint density at radius 2 is 0.790 bits per heavy atom. The van der Waals surface area contributed by atoms with Crippen LogP contribution in [0.4, 0.5) is 0 Å². The number of aryl methyl sites for hydroxylation is 9. The number of fused-ring (bicyclic) bond motifs is 4. The predicted molar refractivity (Wildman–Crippen MR) is 264 cm³/mol. The number of aldehydes is 2. The van der Waals surface area contributed by atoms with Crippen LogP contribution in [0, 0.1) is 83.1 Å². The molecule has 6 heteroatoms. The van der Waals surface area contributed by atoms with Gasteiger partial charge in [0.1, 0.15) is 0 Å². The predicted octanol–water partition coefficient (Wildman–Crippen LogP) is 14.3. The number of carbonyl (C=O) groups excluding carboxylic acids is 2. The summed E-state index contributed by atoms with van der Waals surface area (Å²) < 4.78 is 0. The highest BCUT2D eigenvalue weighted by Crippen LogP contribution is 2.31. The Hall–Kier alpha value is -6.66. The zero-order chi connectivity index (χ0) is 45.4. The van der Waals surface area contributed by atoms with Gasteiger partial charge in [0.05, 0.1) is 22.1 Å². The quantitative estimate of drug-likeness (QED) is 0.164. The first-order valence-corrected chi connectivity index (χ1v) is 21.2. The van der Waals surface area contributed by atoms with Gasteiger partial charge in [-0.25, -0.2) is 0 Å². The molecule has 8 rings (SSSR count). The minimum Gasteiger partial charge on any atom is -0.298 e. The van der Waals surface area contributed by atoms with Crippen LogP contribution >= 0.6 is 0 Å².